The number of anilines is 2. The van der Waals surface area contributed by atoms with Crippen molar-refractivity contribution in [3.8, 4) is 5.75 Å². The third-order valence-corrected chi connectivity index (χ3v) is 2.91. The van der Waals surface area contributed by atoms with Gasteiger partial charge in [-0.25, -0.2) is 0 Å². The quantitative estimate of drug-likeness (QED) is 0.796. The van der Waals surface area contributed by atoms with Crippen molar-refractivity contribution in [2.75, 3.05) is 31.4 Å². The predicted molar refractivity (Wildman–Crippen MR) is 81.6 cm³/mol. The average Bonchev–Trinajstić information content (AvgIpc) is 2.78. The van der Waals surface area contributed by atoms with Crippen LogP contribution in [0.4, 0.5) is 11.4 Å². The van der Waals surface area contributed by atoms with Crippen molar-refractivity contribution in [3.05, 3.63) is 42.2 Å². The molecule has 0 aliphatic rings. The molecule has 0 saturated heterocycles. The van der Waals surface area contributed by atoms with Gasteiger partial charge < -0.3 is 25.1 Å². The topological polar surface area (TPSA) is 78.5 Å². The van der Waals surface area contributed by atoms with Gasteiger partial charge in [0.25, 0.3) is 5.91 Å². The van der Waals surface area contributed by atoms with Gasteiger partial charge in [0.2, 0.25) is 0 Å². The number of nitrogens with one attached hydrogen (secondary N) is 1. The highest BCUT2D eigenvalue weighted by molar-refractivity contribution is 6.03. The molecule has 6 nitrogen and oxygen atoms in total. The predicted octanol–water partition coefficient (Wildman–Crippen LogP) is 1.88. The van der Waals surface area contributed by atoms with Gasteiger partial charge in [0.05, 0.1) is 12.3 Å². The number of hydrogen-bond donors (Lipinski definition) is 2. The highest BCUT2D eigenvalue weighted by Gasteiger charge is 2.11. The Morgan fingerprint density at radius 1 is 1.33 bits per heavy atom. The minimum atomic E-state index is -0.219. The molecule has 6 heteroatoms. The Hall–Kier alpha value is -2.47. The summed E-state index contributed by atoms with van der Waals surface area (Å²) in [6, 6.07) is 8.84. The molecule has 1 amide bonds. The number of aromatic nitrogens is 1. The van der Waals surface area contributed by atoms with Crippen LogP contribution in [0.2, 0.25) is 0 Å². The molecule has 3 N–H and O–H groups in total. The molecule has 0 fully saturated rings. The van der Waals surface area contributed by atoms with Crippen LogP contribution in [0.1, 0.15) is 10.5 Å². The molecule has 0 bridgehead atoms. The molecule has 1 aromatic carbocycles. The fraction of sp³-hybridized carbons (Fsp3) is 0.267. The summed E-state index contributed by atoms with van der Waals surface area (Å²) < 4.78 is 12.1. The van der Waals surface area contributed by atoms with E-state index in [1.54, 1.807) is 43.1 Å². The summed E-state index contributed by atoms with van der Waals surface area (Å²) in [4.78, 5) is 12.2. The van der Waals surface area contributed by atoms with Gasteiger partial charge in [-0.1, -0.05) is 6.07 Å². The number of hydrogen-bond acceptors (Lipinski definition) is 4. The Kier molecular flexibility index (Phi) is 4.84. The number of rotatable bonds is 6. The molecule has 1 aromatic heterocycles. The first-order valence-electron chi connectivity index (χ1n) is 6.55. The van der Waals surface area contributed by atoms with Crippen LogP contribution in [0.25, 0.3) is 0 Å². The normalized spacial score (nSPS) is 10.4. The third kappa shape index (κ3) is 4.00. The maximum absolute atomic E-state index is 12.2. The van der Waals surface area contributed by atoms with E-state index in [4.69, 9.17) is 15.2 Å². The number of nitrogens with two attached hydrogens (primary N) is 1. The Morgan fingerprint density at radius 2 is 2.14 bits per heavy atom. The standard InChI is InChI=1S/C15H19N3O3/c1-18-10-11(16)8-14(18)15(19)17-12-4-3-5-13(9-12)21-7-6-20-2/h3-5,8-10H,6-7,16H2,1-2H3,(H,17,19). The molecule has 1 heterocycles. The summed E-state index contributed by atoms with van der Waals surface area (Å²) in [5.74, 6) is 0.458. The fourth-order valence-electron chi connectivity index (χ4n) is 1.92. The molecule has 0 aliphatic heterocycles. The maximum atomic E-state index is 12.2. The summed E-state index contributed by atoms with van der Waals surface area (Å²) in [5, 5.41) is 2.82. The summed E-state index contributed by atoms with van der Waals surface area (Å²) in [6.07, 6.45) is 1.69. The van der Waals surface area contributed by atoms with E-state index in [9.17, 15) is 4.79 Å². The lowest BCUT2D eigenvalue weighted by Crippen LogP contribution is -2.15. The summed E-state index contributed by atoms with van der Waals surface area (Å²) >= 11 is 0. The minimum Gasteiger partial charge on any atom is -0.491 e. The van der Waals surface area contributed by atoms with Gasteiger partial charge in [0.15, 0.2) is 0 Å². The van der Waals surface area contributed by atoms with E-state index >= 15 is 0 Å². The number of ether oxygens (including phenoxy) is 2. The summed E-state index contributed by atoms with van der Waals surface area (Å²) in [7, 11) is 3.39. The van der Waals surface area contributed by atoms with Gasteiger partial charge in [0, 0.05) is 32.1 Å². The number of methoxy groups -OCH3 is 1. The molecule has 0 saturated carbocycles. The van der Waals surface area contributed by atoms with Crippen LogP contribution in [0, 0.1) is 0 Å². The molecule has 0 atom stereocenters. The van der Waals surface area contributed by atoms with Crippen molar-refractivity contribution in [1.82, 2.24) is 4.57 Å². The van der Waals surface area contributed by atoms with Crippen LogP contribution >= 0.6 is 0 Å². The van der Waals surface area contributed by atoms with E-state index in [0.29, 0.717) is 36.0 Å². The first-order valence-corrected chi connectivity index (χ1v) is 6.55. The molecule has 112 valence electrons. The average molecular weight is 289 g/mol. The van der Waals surface area contributed by atoms with Crippen molar-refractivity contribution in [2.24, 2.45) is 7.05 Å². The monoisotopic (exact) mass is 289 g/mol. The number of carbonyl (C=O) groups excluding carboxylic acids is 1. The van der Waals surface area contributed by atoms with Gasteiger partial charge in [0.1, 0.15) is 18.1 Å². The van der Waals surface area contributed by atoms with Crippen LogP contribution in [-0.4, -0.2) is 30.8 Å². The zero-order valence-corrected chi connectivity index (χ0v) is 12.1. The first-order chi connectivity index (χ1) is 10.1. The van der Waals surface area contributed by atoms with Crippen LogP contribution < -0.4 is 15.8 Å². The van der Waals surface area contributed by atoms with Crippen molar-refractivity contribution in [3.63, 3.8) is 0 Å². The lowest BCUT2D eigenvalue weighted by atomic mass is 10.3. The van der Waals surface area contributed by atoms with Gasteiger partial charge >= 0.3 is 0 Å². The smallest absolute Gasteiger partial charge is 0.272 e. The molecular weight excluding hydrogens is 270 g/mol. The Balaban J connectivity index is 2.04. The lowest BCUT2D eigenvalue weighted by molar-refractivity contribution is 0.101. The SMILES string of the molecule is COCCOc1cccc(NC(=O)c2cc(N)cn2C)c1. The number of benzene rings is 1. The first kappa shape index (κ1) is 14.9. The second kappa shape index (κ2) is 6.81. The third-order valence-electron chi connectivity index (χ3n) is 2.91. The molecule has 0 radical (unpaired) electrons. The van der Waals surface area contributed by atoms with Gasteiger partial charge in [-0.3, -0.25) is 4.79 Å². The molecule has 21 heavy (non-hydrogen) atoms. The van der Waals surface area contributed by atoms with Gasteiger partial charge in [-0.05, 0) is 18.2 Å². The van der Waals surface area contributed by atoms with Crippen molar-refractivity contribution in [2.45, 2.75) is 0 Å². The molecule has 0 aliphatic carbocycles. The molecule has 2 aromatic rings. The second-order valence-corrected chi connectivity index (χ2v) is 4.59. The number of carbonyl (C=O) groups is 1. The zero-order valence-electron chi connectivity index (χ0n) is 12.1. The highest BCUT2D eigenvalue weighted by atomic mass is 16.5. The van der Waals surface area contributed by atoms with E-state index in [2.05, 4.69) is 5.32 Å². The Bertz CT molecular complexity index is 622. The van der Waals surface area contributed by atoms with Crippen LogP contribution in [-0.2, 0) is 11.8 Å². The number of amides is 1. The molecular formula is C15H19N3O3. The van der Waals surface area contributed by atoms with E-state index in [0.717, 1.165) is 0 Å². The lowest BCUT2D eigenvalue weighted by Gasteiger charge is -2.09. The fourth-order valence-corrected chi connectivity index (χ4v) is 1.92. The van der Waals surface area contributed by atoms with Crippen LogP contribution in [0.5, 0.6) is 5.75 Å². The largest absolute Gasteiger partial charge is 0.491 e. The number of aryl methyl sites for hydroxylation is 1. The number of nitrogen functional groups attached to an aromatic ring is 1. The zero-order chi connectivity index (χ0) is 15.2. The van der Waals surface area contributed by atoms with Crippen LogP contribution in [0.15, 0.2) is 36.5 Å². The van der Waals surface area contributed by atoms with Crippen molar-refractivity contribution in [1.29, 1.82) is 0 Å². The van der Waals surface area contributed by atoms with Crippen LogP contribution in [0.3, 0.4) is 0 Å². The van der Waals surface area contributed by atoms with E-state index in [-0.39, 0.29) is 5.91 Å². The Labute approximate surface area is 123 Å². The second-order valence-electron chi connectivity index (χ2n) is 4.59. The maximum Gasteiger partial charge on any atom is 0.272 e. The Morgan fingerprint density at radius 3 is 2.81 bits per heavy atom. The summed E-state index contributed by atoms with van der Waals surface area (Å²) in [5.41, 5.74) is 7.39. The van der Waals surface area contributed by atoms with E-state index in [1.165, 1.54) is 0 Å². The molecule has 0 spiro atoms. The number of nitrogens with zero attached hydrogens (tertiary/aromatic N) is 1. The summed E-state index contributed by atoms with van der Waals surface area (Å²) in [6.45, 7) is 0.974. The highest BCUT2D eigenvalue weighted by Crippen LogP contribution is 2.18. The van der Waals surface area contributed by atoms with Crippen molar-refractivity contribution >= 4 is 17.3 Å². The van der Waals surface area contributed by atoms with E-state index < -0.39 is 0 Å². The van der Waals surface area contributed by atoms with Gasteiger partial charge in [-0.2, -0.15) is 0 Å². The van der Waals surface area contributed by atoms with E-state index in [1.807, 2.05) is 12.1 Å². The minimum absolute atomic E-state index is 0.219. The van der Waals surface area contributed by atoms with Gasteiger partial charge in [-0.15, -0.1) is 0 Å². The molecule has 0 unspecified atom stereocenters. The van der Waals surface area contributed by atoms with Crippen molar-refractivity contribution < 1.29 is 14.3 Å². The molecule has 2 rings (SSSR count).